The lowest BCUT2D eigenvalue weighted by molar-refractivity contribution is 0.411. The molecule has 2 heteroatoms. The number of aromatic nitrogens is 1. The Morgan fingerprint density at radius 1 is 1.27 bits per heavy atom. The Kier molecular flexibility index (Phi) is 3.14. The molecule has 0 saturated carbocycles. The molecule has 0 aliphatic heterocycles. The fourth-order valence-corrected chi connectivity index (χ4v) is 1.20. The molecule has 0 amide bonds. The second kappa shape index (κ2) is 4.16. The molecule has 0 spiro atoms. The Balaban J connectivity index is 2.62. The van der Waals surface area contributed by atoms with Crippen molar-refractivity contribution in [3.8, 4) is 0 Å². The van der Waals surface area contributed by atoms with Crippen molar-refractivity contribution >= 4 is 0 Å². The SMILES string of the molecule is CCCc1conc1CCC. The summed E-state index contributed by atoms with van der Waals surface area (Å²) in [6, 6.07) is 0. The fourth-order valence-electron chi connectivity index (χ4n) is 1.20. The van der Waals surface area contributed by atoms with E-state index in [1.165, 1.54) is 5.56 Å². The molecule has 0 bridgehead atoms. The molecule has 0 N–H and O–H groups in total. The van der Waals surface area contributed by atoms with E-state index in [4.69, 9.17) is 4.52 Å². The van der Waals surface area contributed by atoms with Crippen molar-refractivity contribution < 1.29 is 4.52 Å². The summed E-state index contributed by atoms with van der Waals surface area (Å²) >= 11 is 0. The third-order valence-electron chi connectivity index (χ3n) is 1.73. The average molecular weight is 153 g/mol. The van der Waals surface area contributed by atoms with E-state index in [1.54, 1.807) is 6.26 Å². The van der Waals surface area contributed by atoms with Crippen LogP contribution in [0.2, 0.25) is 0 Å². The summed E-state index contributed by atoms with van der Waals surface area (Å²) in [6.07, 6.45) is 6.22. The van der Waals surface area contributed by atoms with Crippen LogP contribution in [0, 0.1) is 0 Å². The van der Waals surface area contributed by atoms with Gasteiger partial charge in [0.05, 0.1) is 5.69 Å². The Morgan fingerprint density at radius 3 is 2.64 bits per heavy atom. The monoisotopic (exact) mass is 153 g/mol. The molecule has 1 heterocycles. The van der Waals surface area contributed by atoms with Gasteiger partial charge >= 0.3 is 0 Å². The van der Waals surface area contributed by atoms with Gasteiger partial charge in [-0.2, -0.15) is 0 Å². The molecule has 0 aliphatic rings. The first kappa shape index (κ1) is 8.31. The highest BCUT2D eigenvalue weighted by atomic mass is 16.5. The lowest BCUT2D eigenvalue weighted by Gasteiger charge is -1.94. The summed E-state index contributed by atoms with van der Waals surface area (Å²) < 4.78 is 4.90. The van der Waals surface area contributed by atoms with Crippen LogP contribution in [-0.4, -0.2) is 5.16 Å². The van der Waals surface area contributed by atoms with Crippen LogP contribution in [0.15, 0.2) is 10.8 Å². The van der Waals surface area contributed by atoms with Gasteiger partial charge in [-0.25, -0.2) is 0 Å². The summed E-state index contributed by atoms with van der Waals surface area (Å²) in [4.78, 5) is 0. The molecule has 1 aromatic rings. The zero-order chi connectivity index (χ0) is 8.10. The van der Waals surface area contributed by atoms with Gasteiger partial charge in [0.15, 0.2) is 0 Å². The minimum absolute atomic E-state index is 1.05. The molecule has 0 aromatic carbocycles. The highest BCUT2D eigenvalue weighted by Gasteiger charge is 2.04. The summed E-state index contributed by atoms with van der Waals surface area (Å²) in [5.74, 6) is 0. The smallest absolute Gasteiger partial charge is 0.127 e. The van der Waals surface area contributed by atoms with Crippen LogP contribution in [0.5, 0.6) is 0 Å². The molecule has 0 saturated heterocycles. The predicted octanol–water partition coefficient (Wildman–Crippen LogP) is 2.58. The lowest BCUT2D eigenvalue weighted by Crippen LogP contribution is -1.90. The van der Waals surface area contributed by atoms with E-state index in [0.29, 0.717) is 0 Å². The molecule has 0 radical (unpaired) electrons. The molecule has 0 atom stereocenters. The van der Waals surface area contributed by atoms with Gasteiger partial charge in [-0.3, -0.25) is 0 Å². The first-order valence-corrected chi connectivity index (χ1v) is 4.30. The maximum atomic E-state index is 4.90. The molecule has 2 nitrogen and oxygen atoms in total. The zero-order valence-corrected chi connectivity index (χ0v) is 7.26. The van der Waals surface area contributed by atoms with Gasteiger partial charge in [-0.15, -0.1) is 0 Å². The maximum absolute atomic E-state index is 4.90. The molecule has 0 unspecified atom stereocenters. The van der Waals surface area contributed by atoms with Crippen molar-refractivity contribution in [2.75, 3.05) is 0 Å². The zero-order valence-electron chi connectivity index (χ0n) is 7.26. The average Bonchev–Trinajstić information content (AvgIpc) is 2.39. The molecule has 11 heavy (non-hydrogen) atoms. The van der Waals surface area contributed by atoms with Crippen molar-refractivity contribution in [3.63, 3.8) is 0 Å². The lowest BCUT2D eigenvalue weighted by atomic mass is 10.1. The standard InChI is InChI=1S/C9H15NO/c1-3-5-8-7-11-10-9(8)6-4-2/h7H,3-6H2,1-2H3. The number of nitrogens with zero attached hydrogens (tertiary/aromatic N) is 1. The van der Waals surface area contributed by atoms with E-state index < -0.39 is 0 Å². The number of aryl methyl sites for hydroxylation is 2. The van der Waals surface area contributed by atoms with Gasteiger partial charge in [-0.1, -0.05) is 31.8 Å². The van der Waals surface area contributed by atoms with Crippen LogP contribution < -0.4 is 0 Å². The fraction of sp³-hybridized carbons (Fsp3) is 0.667. The molecule has 1 rings (SSSR count). The predicted molar refractivity (Wildman–Crippen MR) is 44.5 cm³/mol. The molecule has 0 fully saturated rings. The summed E-state index contributed by atoms with van der Waals surface area (Å²) in [6.45, 7) is 4.33. The van der Waals surface area contributed by atoms with Crippen LogP contribution in [0.3, 0.4) is 0 Å². The van der Waals surface area contributed by atoms with Gasteiger partial charge < -0.3 is 4.52 Å². The van der Waals surface area contributed by atoms with Crippen molar-refractivity contribution in [2.24, 2.45) is 0 Å². The Morgan fingerprint density at radius 2 is 2.00 bits per heavy atom. The van der Waals surface area contributed by atoms with Gasteiger partial charge in [0.2, 0.25) is 0 Å². The Hall–Kier alpha value is -0.790. The summed E-state index contributed by atoms with van der Waals surface area (Å²) in [5, 5.41) is 3.95. The van der Waals surface area contributed by atoms with Crippen molar-refractivity contribution in [3.05, 3.63) is 17.5 Å². The maximum Gasteiger partial charge on any atom is 0.127 e. The van der Waals surface area contributed by atoms with Crippen LogP contribution in [0.1, 0.15) is 37.9 Å². The minimum atomic E-state index is 1.05. The minimum Gasteiger partial charge on any atom is -0.364 e. The normalized spacial score (nSPS) is 10.4. The van der Waals surface area contributed by atoms with E-state index in [0.717, 1.165) is 31.4 Å². The van der Waals surface area contributed by atoms with Gasteiger partial charge in [0, 0.05) is 5.56 Å². The van der Waals surface area contributed by atoms with Crippen LogP contribution in [-0.2, 0) is 12.8 Å². The molecular weight excluding hydrogens is 138 g/mol. The van der Waals surface area contributed by atoms with Gasteiger partial charge in [0.1, 0.15) is 6.26 Å². The highest BCUT2D eigenvalue weighted by Crippen LogP contribution is 2.10. The quantitative estimate of drug-likeness (QED) is 0.664. The Bertz CT molecular complexity index is 185. The summed E-state index contributed by atoms with van der Waals surface area (Å²) in [7, 11) is 0. The first-order valence-electron chi connectivity index (χ1n) is 4.30. The Labute approximate surface area is 67.6 Å². The summed E-state index contributed by atoms with van der Waals surface area (Å²) in [5.41, 5.74) is 2.43. The van der Waals surface area contributed by atoms with Crippen molar-refractivity contribution in [1.29, 1.82) is 0 Å². The number of hydrogen-bond acceptors (Lipinski definition) is 2. The van der Waals surface area contributed by atoms with E-state index in [-0.39, 0.29) is 0 Å². The first-order chi connectivity index (χ1) is 5.38. The van der Waals surface area contributed by atoms with Crippen LogP contribution >= 0.6 is 0 Å². The van der Waals surface area contributed by atoms with Gasteiger partial charge in [0.25, 0.3) is 0 Å². The third-order valence-corrected chi connectivity index (χ3v) is 1.73. The number of hydrogen-bond donors (Lipinski definition) is 0. The van der Waals surface area contributed by atoms with E-state index in [9.17, 15) is 0 Å². The third kappa shape index (κ3) is 2.07. The van der Waals surface area contributed by atoms with Crippen molar-refractivity contribution in [2.45, 2.75) is 39.5 Å². The van der Waals surface area contributed by atoms with Crippen LogP contribution in [0.4, 0.5) is 0 Å². The van der Waals surface area contributed by atoms with Crippen LogP contribution in [0.25, 0.3) is 0 Å². The van der Waals surface area contributed by atoms with Gasteiger partial charge in [-0.05, 0) is 12.8 Å². The van der Waals surface area contributed by atoms with E-state index in [2.05, 4.69) is 19.0 Å². The van der Waals surface area contributed by atoms with Crippen molar-refractivity contribution in [1.82, 2.24) is 5.16 Å². The molecule has 1 aromatic heterocycles. The molecule has 0 aliphatic carbocycles. The second-order valence-corrected chi connectivity index (χ2v) is 2.79. The number of rotatable bonds is 4. The topological polar surface area (TPSA) is 26.0 Å². The van der Waals surface area contributed by atoms with E-state index in [1.807, 2.05) is 0 Å². The highest BCUT2D eigenvalue weighted by molar-refractivity contribution is 5.14. The van der Waals surface area contributed by atoms with E-state index >= 15 is 0 Å². The molecule has 62 valence electrons. The molecular formula is C9H15NO. The largest absolute Gasteiger partial charge is 0.364 e. The second-order valence-electron chi connectivity index (χ2n) is 2.79.